The smallest absolute Gasteiger partial charge is 0.315 e. The molecular formula is C10H6N4O3. The van der Waals surface area contributed by atoms with Crippen LogP contribution in [0, 0.1) is 0 Å². The van der Waals surface area contributed by atoms with Gasteiger partial charge in [-0.15, -0.1) is 5.10 Å². The van der Waals surface area contributed by atoms with Gasteiger partial charge in [0.15, 0.2) is 6.26 Å². The lowest BCUT2D eigenvalue weighted by Gasteiger charge is -2.05. The van der Waals surface area contributed by atoms with Crippen molar-refractivity contribution in [2.75, 3.05) is 0 Å². The summed E-state index contributed by atoms with van der Waals surface area (Å²) in [7, 11) is 0. The quantitative estimate of drug-likeness (QED) is 0.783. The van der Waals surface area contributed by atoms with Crippen molar-refractivity contribution in [3.63, 3.8) is 0 Å². The Bertz CT molecular complexity index is 562. The summed E-state index contributed by atoms with van der Waals surface area (Å²) in [5, 5.41) is 13.7. The molecule has 0 fully saturated rings. The fourth-order valence-corrected chi connectivity index (χ4v) is 1.53. The van der Waals surface area contributed by atoms with Crippen LogP contribution in [-0.2, 0) is 9.63 Å². The van der Waals surface area contributed by atoms with Gasteiger partial charge in [0.05, 0.1) is 0 Å². The van der Waals surface area contributed by atoms with Gasteiger partial charge in [0.2, 0.25) is 6.10 Å². The molecule has 2 heterocycles. The van der Waals surface area contributed by atoms with Crippen LogP contribution in [0.25, 0.3) is 11.3 Å². The van der Waals surface area contributed by atoms with Crippen molar-refractivity contribution in [2.24, 2.45) is 10.4 Å². The minimum absolute atomic E-state index is 0.402. The molecule has 2 aromatic rings. The van der Waals surface area contributed by atoms with E-state index in [9.17, 15) is 4.79 Å². The molecule has 1 aromatic carbocycles. The highest BCUT2D eigenvalue weighted by molar-refractivity contribution is 5.83. The van der Waals surface area contributed by atoms with E-state index in [1.807, 2.05) is 0 Å². The van der Waals surface area contributed by atoms with E-state index < -0.39 is 12.0 Å². The minimum atomic E-state index is -0.737. The zero-order valence-electron chi connectivity index (χ0n) is 8.48. The summed E-state index contributed by atoms with van der Waals surface area (Å²) in [6.45, 7) is 0. The largest absolute Gasteiger partial charge is 0.361 e. The Hall–Kier alpha value is -2.57. The molecular weight excluding hydrogens is 224 g/mol. The molecule has 1 unspecified atom stereocenters. The molecule has 0 aliphatic carbocycles. The van der Waals surface area contributed by atoms with Crippen molar-refractivity contribution in [1.29, 1.82) is 0 Å². The molecule has 1 amide bonds. The van der Waals surface area contributed by atoms with Crippen molar-refractivity contribution in [3.8, 4) is 11.3 Å². The molecule has 7 heteroatoms. The maximum absolute atomic E-state index is 11.3. The Kier molecular flexibility index (Phi) is 2.14. The second-order valence-electron chi connectivity index (χ2n) is 3.42. The van der Waals surface area contributed by atoms with Gasteiger partial charge in [0.25, 0.3) is 0 Å². The van der Waals surface area contributed by atoms with Crippen LogP contribution in [0.5, 0.6) is 0 Å². The van der Waals surface area contributed by atoms with Crippen LogP contribution in [0.1, 0.15) is 11.7 Å². The van der Waals surface area contributed by atoms with Gasteiger partial charge in [-0.25, -0.2) is 0 Å². The summed E-state index contributed by atoms with van der Waals surface area (Å²) in [5.74, 6) is -0.402. The van der Waals surface area contributed by atoms with Crippen molar-refractivity contribution in [3.05, 3.63) is 36.1 Å². The molecule has 0 saturated heterocycles. The number of rotatable bonds is 2. The highest BCUT2D eigenvalue weighted by atomic mass is 16.7. The number of amides is 1. The molecule has 1 atom stereocenters. The number of hydrogen-bond donors (Lipinski definition) is 0. The number of nitrogens with zero attached hydrogens (tertiary/aromatic N) is 4. The third-order valence-electron chi connectivity index (χ3n) is 2.39. The summed E-state index contributed by atoms with van der Waals surface area (Å²) in [6.07, 6.45) is 0.705. The Labute approximate surface area is 95.0 Å². The lowest BCUT2D eigenvalue weighted by molar-refractivity contribution is -0.123. The van der Waals surface area contributed by atoms with Crippen LogP contribution in [0.4, 0.5) is 0 Å². The Balaban J connectivity index is 1.88. The first-order valence-corrected chi connectivity index (χ1v) is 4.83. The van der Waals surface area contributed by atoms with Crippen molar-refractivity contribution >= 4 is 5.91 Å². The Morgan fingerprint density at radius 1 is 1.18 bits per heavy atom. The third kappa shape index (κ3) is 1.67. The zero-order valence-corrected chi connectivity index (χ0v) is 8.48. The minimum Gasteiger partial charge on any atom is -0.361 e. The average Bonchev–Trinajstić information content (AvgIpc) is 3.00. The summed E-state index contributed by atoms with van der Waals surface area (Å²) < 4.78 is 4.65. The summed E-state index contributed by atoms with van der Waals surface area (Å²) in [6, 6.07) is 7.10. The summed E-state index contributed by atoms with van der Waals surface area (Å²) in [5.41, 5.74) is 2.17. The number of benzene rings is 1. The average molecular weight is 230 g/mol. The van der Waals surface area contributed by atoms with Crippen LogP contribution in [0.3, 0.4) is 0 Å². The van der Waals surface area contributed by atoms with Crippen molar-refractivity contribution < 1.29 is 14.2 Å². The van der Waals surface area contributed by atoms with E-state index in [1.54, 1.807) is 24.3 Å². The molecule has 0 bridgehead atoms. The molecule has 1 aromatic heterocycles. The van der Waals surface area contributed by atoms with Gasteiger partial charge in [0.1, 0.15) is 5.69 Å². The van der Waals surface area contributed by atoms with Crippen LogP contribution in [0.15, 0.2) is 45.4 Å². The normalized spacial score (nSPS) is 18.4. The molecule has 0 spiro atoms. The summed E-state index contributed by atoms with van der Waals surface area (Å²) >= 11 is 0. The van der Waals surface area contributed by atoms with E-state index in [2.05, 4.69) is 25.3 Å². The maximum atomic E-state index is 11.3. The van der Waals surface area contributed by atoms with Crippen molar-refractivity contribution in [2.45, 2.75) is 6.10 Å². The second-order valence-corrected chi connectivity index (χ2v) is 3.42. The number of aromatic nitrogens is 2. The molecule has 0 radical (unpaired) electrons. The topological polar surface area (TPSA) is 89.9 Å². The van der Waals surface area contributed by atoms with Gasteiger partial charge in [-0.2, -0.15) is 0 Å². The van der Waals surface area contributed by atoms with Crippen LogP contribution in [-0.4, -0.2) is 16.3 Å². The lowest BCUT2D eigenvalue weighted by atomic mass is 10.1. The highest BCUT2D eigenvalue weighted by Gasteiger charge is 2.27. The number of carbonyl (C=O) groups is 1. The van der Waals surface area contributed by atoms with Gasteiger partial charge in [-0.3, -0.25) is 4.79 Å². The van der Waals surface area contributed by atoms with Gasteiger partial charge >= 0.3 is 5.91 Å². The molecule has 0 saturated carbocycles. The van der Waals surface area contributed by atoms with Gasteiger partial charge in [-0.05, 0) is 0 Å². The highest BCUT2D eigenvalue weighted by Crippen LogP contribution is 2.26. The Morgan fingerprint density at radius 2 is 2.00 bits per heavy atom. The van der Waals surface area contributed by atoms with Crippen molar-refractivity contribution in [1.82, 2.24) is 10.4 Å². The molecule has 1 aliphatic rings. The fraction of sp³-hybridized carbons (Fsp3) is 0.100. The van der Waals surface area contributed by atoms with Crippen LogP contribution in [0.2, 0.25) is 0 Å². The van der Waals surface area contributed by atoms with E-state index in [-0.39, 0.29) is 0 Å². The maximum Gasteiger partial charge on any atom is 0.315 e. The molecule has 3 rings (SSSR count). The first kappa shape index (κ1) is 9.64. The van der Waals surface area contributed by atoms with E-state index in [4.69, 9.17) is 4.84 Å². The second kappa shape index (κ2) is 3.78. The monoisotopic (exact) mass is 230 g/mol. The van der Waals surface area contributed by atoms with Crippen LogP contribution >= 0.6 is 0 Å². The molecule has 0 N–H and O–H groups in total. The zero-order chi connectivity index (χ0) is 11.7. The number of carbonyl (C=O) groups excluding carboxylic acids is 1. The fourth-order valence-electron chi connectivity index (χ4n) is 1.53. The standard InChI is InChI=1S/C10H6N4O3/c15-10-9(17-14-12-10)7-3-1-6(2-4-7)8-5-16-13-11-8/h1-5,9H. The molecule has 84 valence electrons. The predicted molar refractivity (Wildman–Crippen MR) is 53.4 cm³/mol. The van der Waals surface area contributed by atoms with Crippen LogP contribution < -0.4 is 0 Å². The van der Waals surface area contributed by atoms with Gasteiger partial charge in [-0.1, -0.05) is 29.4 Å². The Morgan fingerprint density at radius 3 is 2.59 bits per heavy atom. The first-order valence-electron chi connectivity index (χ1n) is 4.83. The SMILES string of the molecule is O=C1N=NOC1c1ccc(-c2conn2)cc1. The van der Waals surface area contributed by atoms with E-state index in [1.165, 1.54) is 6.26 Å². The predicted octanol–water partition coefficient (Wildman–Crippen LogP) is 1.70. The lowest BCUT2D eigenvalue weighted by Crippen LogP contribution is -2.05. The molecule has 1 aliphatic heterocycles. The first-order chi connectivity index (χ1) is 8.34. The third-order valence-corrected chi connectivity index (χ3v) is 2.39. The van der Waals surface area contributed by atoms with E-state index in [0.717, 1.165) is 5.56 Å². The van der Waals surface area contributed by atoms with Gasteiger partial charge in [0, 0.05) is 21.7 Å². The summed E-state index contributed by atoms with van der Waals surface area (Å²) in [4.78, 5) is 16.1. The molecule has 7 nitrogen and oxygen atoms in total. The van der Waals surface area contributed by atoms with Gasteiger partial charge < -0.3 is 9.36 Å². The molecule has 17 heavy (non-hydrogen) atoms. The van der Waals surface area contributed by atoms with E-state index in [0.29, 0.717) is 11.3 Å². The number of hydrogen-bond acceptors (Lipinski definition) is 6. The van der Waals surface area contributed by atoms with E-state index >= 15 is 0 Å².